The minimum Gasteiger partial charge on any atom is -0.409 e. The number of carbonyl (C=O) groups is 1. The molecule has 0 bridgehead atoms. The fourth-order valence-corrected chi connectivity index (χ4v) is 1.51. The molecule has 0 fully saturated rings. The number of nitrogens with one attached hydrogen (secondary N) is 1. The number of hydrogen-bond donors (Lipinski definition) is 3. The molecular weight excluding hydrogens is 230 g/mol. The van der Waals surface area contributed by atoms with Crippen LogP contribution in [0, 0.1) is 5.92 Å². The van der Waals surface area contributed by atoms with Gasteiger partial charge in [0.05, 0.1) is 5.92 Å². The summed E-state index contributed by atoms with van der Waals surface area (Å²) in [5, 5.41) is 14.0. The Morgan fingerprint density at radius 3 is 2.56 bits per heavy atom. The van der Waals surface area contributed by atoms with Crippen LogP contribution in [0.25, 0.3) is 0 Å². The van der Waals surface area contributed by atoms with E-state index in [1.54, 1.807) is 6.92 Å². The summed E-state index contributed by atoms with van der Waals surface area (Å²) < 4.78 is 0. The molecule has 1 amide bonds. The Bertz CT molecular complexity index is 426. The van der Waals surface area contributed by atoms with Crippen LogP contribution in [0.4, 0.5) is 5.69 Å². The van der Waals surface area contributed by atoms with E-state index in [2.05, 4.69) is 17.4 Å². The maximum Gasteiger partial charge on any atom is 0.234 e. The second-order valence-corrected chi connectivity index (χ2v) is 4.18. The lowest BCUT2D eigenvalue weighted by Crippen LogP contribution is -2.32. The third-order valence-electron chi connectivity index (χ3n) is 2.71. The first-order chi connectivity index (χ1) is 8.58. The molecule has 1 rings (SSSR count). The van der Waals surface area contributed by atoms with Gasteiger partial charge in [-0.15, -0.1) is 0 Å². The van der Waals surface area contributed by atoms with Gasteiger partial charge < -0.3 is 16.3 Å². The van der Waals surface area contributed by atoms with Crippen LogP contribution in [0.15, 0.2) is 29.4 Å². The fraction of sp³-hybridized carbons (Fsp3) is 0.385. The van der Waals surface area contributed by atoms with Gasteiger partial charge in [-0.25, -0.2) is 0 Å². The minimum absolute atomic E-state index is 0.102. The molecule has 98 valence electrons. The molecule has 1 aromatic rings. The number of amidine groups is 1. The van der Waals surface area contributed by atoms with Crippen molar-refractivity contribution in [3.05, 3.63) is 29.8 Å². The van der Waals surface area contributed by atoms with Gasteiger partial charge in [-0.05, 0) is 31.0 Å². The largest absolute Gasteiger partial charge is 0.409 e. The standard InChI is InChI=1S/C13H19N3O2/c1-3-4-10-5-7-11(8-6-10)15-13(17)9(2)12(14)16-18/h5-9,18H,3-4H2,1-2H3,(H2,14,16)(H,15,17). The molecule has 0 saturated heterocycles. The van der Waals surface area contributed by atoms with Crippen molar-refractivity contribution in [1.29, 1.82) is 0 Å². The Labute approximate surface area is 107 Å². The normalized spacial score (nSPS) is 13.1. The van der Waals surface area contributed by atoms with E-state index in [9.17, 15) is 4.79 Å². The van der Waals surface area contributed by atoms with Crippen LogP contribution in [-0.2, 0) is 11.2 Å². The van der Waals surface area contributed by atoms with E-state index >= 15 is 0 Å². The van der Waals surface area contributed by atoms with Crippen molar-refractivity contribution in [2.24, 2.45) is 16.8 Å². The zero-order valence-electron chi connectivity index (χ0n) is 10.7. The summed E-state index contributed by atoms with van der Waals surface area (Å²) >= 11 is 0. The van der Waals surface area contributed by atoms with Gasteiger partial charge in [0.2, 0.25) is 5.91 Å². The molecule has 0 heterocycles. The third-order valence-corrected chi connectivity index (χ3v) is 2.71. The lowest BCUT2D eigenvalue weighted by Gasteiger charge is -2.11. The molecule has 1 atom stereocenters. The van der Waals surface area contributed by atoms with Crippen molar-refractivity contribution < 1.29 is 10.0 Å². The number of nitrogens with two attached hydrogens (primary N) is 1. The predicted molar refractivity (Wildman–Crippen MR) is 71.6 cm³/mol. The number of nitrogens with zero attached hydrogens (tertiary/aromatic N) is 1. The number of amides is 1. The van der Waals surface area contributed by atoms with Crippen LogP contribution in [-0.4, -0.2) is 17.0 Å². The monoisotopic (exact) mass is 249 g/mol. The molecule has 0 aliphatic rings. The molecule has 5 nitrogen and oxygen atoms in total. The summed E-state index contributed by atoms with van der Waals surface area (Å²) in [7, 11) is 0. The number of oxime groups is 1. The Kier molecular flexibility index (Phi) is 5.17. The second kappa shape index (κ2) is 6.64. The molecule has 0 spiro atoms. The zero-order chi connectivity index (χ0) is 13.5. The van der Waals surface area contributed by atoms with Gasteiger partial charge in [0.1, 0.15) is 0 Å². The smallest absolute Gasteiger partial charge is 0.234 e. The van der Waals surface area contributed by atoms with Crippen molar-refractivity contribution in [3.63, 3.8) is 0 Å². The lowest BCUT2D eigenvalue weighted by molar-refractivity contribution is -0.117. The molecule has 0 aliphatic carbocycles. The highest BCUT2D eigenvalue weighted by atomic mass is 16.4. The summed E-state index contributed by atoms with van der Waals surface area (Å²) in [5.74, 6) is -1.06. The molecule has 1 unspecified atom stereocenters. The van der Waals surface area contributed by atoms with Gasteiger partial charge in [-0.3, -0.25) is 4.79 Å². The highest BCUT2D eigenvalue weighted by Crippen LogP contribution is 2.12. The van der Waals surface area contributed by atoms with E-state index in [0.29, 0.717) is 5.69 Å². The lowest BCUT2D eigenvalue weighted by atomic mass is 10.1. The van der Waals surface area contributed by atoms with E-state index in [4.69, 9.17) is 10.9 Å². The van der Waals surface area contributed by atoms with Crippen LogP contribution < -0.4 is 11.1 Å². The minimum atomic E-state index is -0.662. The highest BCUT2D eigenvalue weighted by Gasteiger charge is 2.17. The van der Waals surface area contributed by atoms with E-state index in [1.165, 1.54) is 5.56 Å². The van der Waals surface area contributed by atoms with Crippen LogP contribution >= 0.6 is 0 Å². The van der Waals surface area contributed by atoms with Gasteiger partial charge in [-0.2, -0.15) is 0 Å². The number of rotatable bonds is 5. The van der Waals surface area contributed by atoms with E-state index in [0.717, 1.165) is 12.8 Å². The third kappa shape index (κ3) is 3.76. The quantitative estimate of drug-likeness (QED) is 0.322. The Morgan fingerprint density at radius 1 is 1.44 bits per heavy atom. The van der Waals surface area contributed by atoms with E-state index in [1.807, 2.05) is 24.3 Å². The van der Waals surface area contributed by atoms with Crippen molar-refractivity contribution in [2.75, 3.05) is 5.32 Å². The summed E-state index contributed by atoms with van der Waals surface area (Å²) in [6, 6.07) is 7.66. The Hall–Kier alpha value is -2.04. The number of aryl methyl sites for hydroxylation is 1. The van der Waals surface area contributed by atoms with Crippen LogP contribution in [0.2, 0.25) is 0 Å². The Morgan fingerprint density at radius 2 is 2.06 bits per heavy atom. The van der Waals surface area contributed by atoms with Crippen molar-refractivity contribution in [3.8, 4) is 0 Å². The van der Waals surface area contributed by atoms with Crippen molar-refractivity contribution in [2.45, 2.75) is 26.7 Å². The number of anilines is 1. The van der Waals surface area contributed by atoms with Gasteiger partial charge >= 0.3 is 0 Å². The maximum atomic E-state index is 11.7. The molecule has 0 radical (unpaired) electrons. The molecule has 0 saturated carbocycles. The first-order valence-corrected chi connectivity index (χ1v) is 5.95. The van der Waals surface area contributed by atoms with Gasteiger partial charge in [0.25, 0.3) is 0 Å². The van der Waals surface area contributed by atoms with E-state index < -0.39 is 5.92 Å². The van der Waals surface area contributed by atoms with Gasteiger partial charge in [0.15, 0.2) is 5.84 Å². The average molecular weight is 249 g/mol. The van der Waals surface area contributed by atoms with Crippen molar-refractivity contribution >= 4 is 17.4 Å². The van der Waals surface area contributed by atoms with Crippen LogP contribution in [0.1, 0.15) is 25.8 Å². The number of benzene rings is 1. The molecule has 1 aromatic carbocycles. The van der Waals surface area contributed by atoms with Crippen LogP contribution in [0.5, 0.6) is 0 Å². The maximum absolute atomic E-state index is 11.7. The topological polar surface area (TPSA) is 87.7 Å². The molecule has 0 aliphatic heterocycles. The summed E-state index contributed by atoms with van der Waals surface area (Å²) in [6.07, 6.45) is 2.11. The highest BCUT2D eigenvalue weighted by molar-refractivity contribution is 6.07. The first kappa shape index (κ1) is 14.0. The first-order valence-electron chi connectivity index (χ1n) is 5.95. The molecule has 5 heteroatoms. The summed E-state index contributed by atoms with van der Waals surface area (Å²) in [6.45, 7) is 3.70. The molecule has 0 aromatic heterocycles. The van der Waals surface area contributed by atoms with Gasteiger partial charge in [0, 0.05) is 5.69 Å². The molecular formula is C13H19N3O2. The average Bonchev–Trinajstić information content (AvgIpc) is 2.39. The summed E-state index contributed by atoms with van der Waals surface area (Å²) in [5.41, 5.74) is 7.32. The SMILES string of the molecule is CCCc1ccc(NC(=O)C(C)C(N)=NO)cc1. The van der Waals surface area contributed by atoms with Crippen LogP contribution in [0.3, 0.4) is 0 Å². The predicted octanol–water partition coefficient (Wildman–Crippen LogP) is 1.96. The Balaban J connectivity index is 2.65. The molecule has 18 heavy (non-hydrogen) atoms. The van der Waals surface area contributed by atoms with Gasteiger partial charge in [-0.1, -0.05) is 30.6 Å². The fourth-order valence-electron chi connectivity index (χ4n) is 1.51. The molecule has 4 N–H and O–H groups in total. The summed E-state index contributed by atoms with van der Waals surface area (Å²) in [4.78, 5) is 11.7. The second-order valence-electron chi connectivity index (χ2n) is 4.18. The van der Waals surface area contributed by atoms with Crippen molar-refractivity contribution in [1.82, 2.24) is 0 Å². The van der Waals surface area contributed by atoms with E-state index in [-0.39, 0.29) is 11.7 Å². The number of carbonyl (C=O) groups excluding carboxylic acids is 1. The zero-order valence-corrected chi connectivity index (χ0v) is 10.7. The number of hydrogen-bond acceptors (Lipinski definition) is 3.